The number of hydrogen-bond donors (Lipinski definition) is 1. The van der Waals surface area contributed by atoms with Crippen LogP contribution in [-0.2, 0) is 22.6 Å². The summed E-state index contributed by atoms with van der Waals surface area (Å²) in [6, 6.07) is 21.0. The van der Waals surface area contributed by atoms with Gasteiger partial charge >= 0.3 is 0 Å². The first-order valence-corrected chi connectivity index (χ1v) is 12.9. The molecular weight excluding hydrogens is 511 g/mol. The molecule has 0 radical (unpaired) electrons. The Morgan fingerprint density at radius 1 is 0.919 bits per heavy atom. The fourth-order valence-corrected chi connectivity index (χ4v) is 4.05. The molecule has 0 aliphatic carbocycles. The summed E-state index contributed by atoms with van der Waals surface area (Å²) in [4.78, 5) is 28.7. The van der Waals surface area contributed by atoms with Crippen molar-refractivity contribution in [3.8, 4) is 11.5 Å². The maximum absolute atomic E-state index is 13.6. The Morgan fingerprint density at radius 3 is 2.22 bits per heavy atom. The van der Waals surface area contributed by atoms with Gasteiger partial charge in [-0.15, -0.1) is 0 Å². The molecule has 1 N–H and O–H groups in total. The number of nitrogens with zero attached hydrogens (tertiary/aromatic N) is 1. The fourth-order valence-electron chi connectivity index (χ4n) is 3.73. The van der Waals surface area contributed by atoms with Gasteiger partial charge < -0.3 is 19.7 Å². The van der Waals surface area contributed by atoms with Crippen LogP contribution in [0, 0.1) is 0 Å². The van der Waals surface area contributed by atoms with Crippen molar-refractivity contribution in [3.63, 3.8) is 0 Å². The zero-order valence-electron chi connectivity index (χ0n) is 21.2. The third-order valence-corrected chi connectivity index (χ3v) is 6.77. The fraction of sp³-hybridized carbons (Fsp3) is 0.310. The highest BCUT2D eigenvalue weighted by atomic mass is 35.5. The molecule has 2 atom stereocenters. The van der Waals surface area contributed by atoms with E-state index in [4.69, 9.17) is 32.7 Å². The molecular formula is C29H32Cl2N2O4. The van der Waals surface area contributed by atoms with Gasteiger partial charge in [0.25, 0.3) is 5.91 Å². The van der Waals surface area contributed by atoms with Crippen LogP contribution in [0.3, 0.4) is 0 Å². The van der Waals surface area contributed by atoms with Crippen LogP contribution >= 0.6 is 23.2 Å². The van der Waals surface area contributed by atoms with Crippen LogP contribution in [0.1, 0.15) is 31.4 Å². The third kappa shape index (κ3) is 8.41. The first-order valence-electron chi connectivity index (χ1n) is 12.1. The molecule has 0 aliphatic rings. The van der Waals surface area contributed by atoms with E-state index in [1.807, 2.05) is 44.2 Å². The van der Waals surface area contributed by atoms with Crippen LogP contribution in [0.2, 0.25) is 10.0 Å². The van der Waals surface area contributed by atoms with Crippen LogP contribution in [0.5, 0.6) is 11.5 Å². The SMILES string of the molecule is CC[C@H](C)NC(=O)[C@@H](Cc1ccccc1)N(Cc1ccc(Cl)c(Cl)c1)C(=O)COc1ccc(OC)cc1. The Balaban J connectivity index is 1.91. The highest BCUT2D eigenvalue weighted by Crippen LogP contribution is 2.25. The lowest BCUT2D eigenvalue weighted by atomic mass is 10.0. The van der Waals surface area contributed by atoms with Crippen LogP contribution < -0.4 is 14.8 Å². The monoisotopic (exact) mass is 542 g/mol. The van der Waals surface area contributed by atoms with Gasteiger partial charge in [0.2, 0.25) is 5.91 Å². The van der Waals surface area contributed by atoms with Gasteiger partial charge in [0.15, 0.2) is 6.61 Å². The number of methoxy groups -OCH3 is 1. The summed E-state index contributed by atoms with van der Waals surface area (Å²) in [5, 5.41) is 3.84. The summed E-state index contributed by atoms with van der Waals surface area (Å²) in [6.45, 7) is 3.86. The van der Waals surface area contributed by atoms with Crippen molar-refractivity contribution in [2.75, 3.05) is 13.7 Å². The van der Waals surface area contributed by atoms with E-state index in [9.17, 15) is 9.59 Å². The number of nitrogens with one attached hydrogen (secondary N) is 1. The number of benzene rings is 3. The third-order valence-electron chi connectivity index (χ3n) is 6.03. The molecule has 3 aromatic rings. The Hall–Kier alpha value is -3.22. The van der Waals surface area contributed by atoms with Gasteiger partial charge in [0.05, 0.1) is 17.2 Å². The van der Waals surface area contributed by atoms with Crippen LogP contribution in [-0.4, -0.2) is 42.5 Å². The zero-order chi connectivity index (χ0) is 26.8. The number of rotatable bonds is 12. The quantitative estimate of drug-likeness (QED) is 0.307. The number of halogens is 2. The Morgan fingerprint density at radius 2 is 1.59 bits per heavy atom. The molecule has 0 spiro atoms. The molecule has 196 valence electrons. The minimum atomic E-state index is -0.766. The van der Waals surface area contributed by atoms with Crippen molar-refractivity contribution in [1.82, 2.24) is 10.2 Å². The summed E-state index contributed by atoms with van der Waals surface area (Å²) in [6.07, 6.45) is 1.11. The standard InChI is InChI=1S/C29H32Cl2N2O4/c1-4-20(2)32-29(35)27(17-21-8-6-5-7-9-21)33(18-22-10-15-25(30)26(31)16-22)28(34)19-37-24-13-11-23(36-3)12-14-24/h5-16,20,27H,4,17-19H2,1-3H3,(H,32,35)/t20-,27+/m0/s1. The van der Waals surface area contributed by atoms with Crippen molar-refractivity contribution < 1.29 is 19.1 Å². The molecule has 0 fully saturated rings. The van der Waals surface area contributed by atoms with E-state index in [0.717, 1.165) is 17.5 Å². The largest absolute Gasteiger partial charge is 0.497 e. The van der Waals surface area contributed by atoms with E-state index in [2.05, 4.69) is 5.32 Å². The molecule has 2 amide bonds. The summed E-state index contributed by atoms with van der Waals surface area (Å²) in [5.74, 6) is 0.648. The predicted molar refractivity (Wildman–Crippen MR) is 147 cm³/mol. The molecule has 0 aromatic heterocycles. The summed E-state index contributed by atoms with van der Waals surface area (Å²) < 4.78 is 11.0. The predicted octanol–water partition coefficient (Wildman–Crippen LogP) is 5.94. The van der Waals surface area contributed by atoms with Crippen molar-refractivity contribution in [2.45, 2.75) is 45.3 Å². The average molecular weight is 543 g/mol. The van der Waals surface area contributed by atoms with E-state index < -0.39 is 6.04 Å². The van der Waals surface area contributed by atoms with E-state index >= 15 is 0 Å². The molecule has 0 bridgehead atoms. The molecule has 0 unspecified atom stereocenters. The Kier molecular flexibility index (Phi) is 10.7. The first kappa shape index (κ1) is 28.4. The Labute approximate surface area is 228 Å². The molecule has 0 saturated heterocycles. The van der Waals surface area contributed by atoms with E-state index in [0.29, 0.717) is 28.0 Å². The molecule has 3 aromatic carbocycles. The minimum absolute atomic E-state index is 0.0387. The highest BCUT2D eigenvalue weighted by molar-refractivity contribution is 6.42. The minimum Gasteiger partial charge on any atom is -0.497 e. The van der Waals surface area contributed by atoms with E-state index in [-0.39, 0.29) is 31.0 Å². The Bertz CT molecular complexity index is 1170. The second-order valence-electron chi connectivity index (χ2n) is 8.76. The van der Waals surface area contributed by atoms with Gasteiger partial charge in [-0.05, 0) is 60.9 Å². The van der Waals surface area contributed by atoms with E-state index in [1.165, 1.54) is 0 Å². The molecule has 0 aliphatic heterocycles. The number of carbonyl (C=O) groups excluding carboxylic acids is 2. The maximum atomic E-state index is 13.6. The molecule has 8 heteroatoms. The molecule has 3 rings (SSSR count). The highest BCUT2D eigenvalue weighted by Gasteiger charge is 2.31. The maximum Gasteiger partial charge on any atom is 0.261 e. The second kappa shape index (κ2) is 13.9. The van der Waals surface area contributed by atoms with Crippen LogP contribution in [0.15, 0.2) is 72.8 Å². The van der Waals surface area contributed by atoms with Gasteiger partial charge in [-0.2, -0.15) is 0 Å². The topological polar surface area (TPSA) is 67.9 Å². The van der Waals surface area contributed by atoms with Gasteiger partial charge in [-0.3, -0.25) is 9.59 Å². The van der Waals surface area contributed by atoms with Gasteiger partial charge in [0.1, 0.15) is 17.5 Å². The average Bonchev–Trinajstić information content (AvgIpc) is 2.91. The normalized spacial score (nSPS) is 12.4. The zero-order valence-corrected chi connectivity index (χ0v) is 22.8. The summed E-state index contributed by atoms with van der Waals surface area (Å²) in [5.41, 5.74) is 1.69. The van der Waals surface area contributed by atoms with Crippen molar-refractivity contribution >= 4 is 35.0 Å². The number of hydrogen-bond acceptors (Lipinski definition) is 4. The lowest BCUT2D eigenvalue weighted by Crippen LogP contribution is -2.53. The van der Waals surface area contributed by atoms with Gasteiger partial charge in [0, 0.05) is 19.0 Å². The lowest BCUT2D eigenvalue weighted by molar-refractivity contribution is -0.143. The molecule has 0 heterocycles. The summed E-state index contributed by atoms with van der Waals surface area (Å²) >= 11 is 12.4. The van der Waals surface area contributed by atoms with Gasteiger partial charge in [-0.1, -0.05) is 66.5 Å². The van der Waals surface area contributed by atoms with Crippen LogP contribution in [0.25, 0.3) is 0 Å². The second-order valence-corrected chi connectivity index (χ2v) is 9.57. The van der Waals surface area contributed by atoms with E-state index in [1.54, 1.807) is 54.5 Å². The van der Waals surface area contributed by atoms with Crippen LogP contribution in [0.4, 0.5) is 0 Å². The smallest absolute Gasteiger partial charge is 0.261 e. The molecule has 0 saturated carbocycles. The van der Waals surface area contributed by atoms with Crippen molar-refractivity contribution in [1.29, 1.82) is 0 Å². The molecule has 6 nitrogen and oxygen atoms in total. The number of amides is 2. The van der Waals surface area contributed by atoms with Crippen molar-refractivity contribution in [2.24, 2.45) is 0 Å². The lowest BCUT2D eigenvalue weighted by Gasteiger charge is -2.32. The van der Waals surface area contributed by atoms with Crippen molar-refractivity contribution in [3.05, 3.63) is 94.0 Å². The molecule has 37 heavy (non-hydrogen) atoms. The number of carbonyl (C=O) groups is 2. The number of ether oxygens (including phenoxy) is 2. The first-order chi connectivity index (χ1) is 17.8. The summed E-state index contributed by atoms with van der Waals surface area (Å²) in [7, 11) is 1.58. The van der Waals surface area contributed by atoms with Gasteiger partial charge in [-0.25, -0.2) is 0 Å².